The average Bonchev–Trinajstić information content (AvgIpc) is 2.46. The maximum absolute atomic E-state index is 11.8. The Balaban J connectivity index is 2.02. The first kappa shape index (κ1) is 11.6. The summed E-state index contributed by atoms with van der Waals surface area (Å²) >= 11 is 0. The lowest BCUT2D eigenvalue weighted by atomic mass is 10.1. The van der Waals surface area contributed by atoms with Gasteiger partial charge in [0.1, 0.15) is 6.54 Å². The number of benzene rings is 2. The highest BCUT2D eigenvalue weighted by Crippen LogP contribution is 2.34. The van der Waals surface area contributed by atoms with Gasteiger partial charge in [0, 0.05) is 18.4 Å². The maximum Gasteiger partial charge on any atom is 0.244 e. The summed E-state index contributed by atoms with van der Waals surface area (Å²) in [5.74, 6) is 0.0105. The van der Waals surface area contributed by atoms with Gasteiger partial charge in [0.05, 0.1) is 11.4 Å². The van der Waals surface area contributed by atoms with Crippen LogP contribution in [0.25, 0.3) is 0 Å². The lowest BCUT2D eigenvalue weighted by Crippen LogP contribution is -2.34. The Labute approximate surface area is 112 Å². The van der Waals surface area contributed by atoms with Crippen LogP contribution in [0.4, 0.5) is 22.7 Å². The first-order valence-electron chi connectivity index (χ1n) is 6.22. The van der Waals surface area contributed by atoms with Crippen molar-refractivity contribution in [2.75, 3.05) is 29.1 Å². The topological polar surface area (TPSA) is 44.4 Å². The summed E-state index contributed by atoms with van der Waals surface area (Å²) in [6.07, 6.45) is 0. The third-order valence-corrected chi connectivity index (χ3v) is 3.24. The van der Waals surface area contributed by atoms with Crippen molar-refractivity contribution in [1.82, 2.24) is 0 Å². The lowest BCUT2D eigenvalue weighted by Gasteiger charge is -2.31. The molecule has 96 valence electrons. The van der Waals surface area contributed by atoms with Crippen molar-refractivity contribution in [3.05, 3.63) is 48.5 Å². The van der Waals surface area contributed by atoms with Crippen molar-refractivity contribution < 1.29 is 4.79 Å². The van der Waals surface area contributed by atoms with Crippen molar-refractivity contribution >= 4 is 28.7 Å². The monoisotopic (exact) mass is 253 g/mol. The van der Waals surface area contributed by atoms with E-state index in [2.05, 4.69) is 10.6 Å². The number of hydrogen-bond acceptors (Lipinski definition) is 3. The fraction of sp³-hybridized carbons (Fsp3) is 0.133. The largest absolute Gasteiger partial charge is 0.388 e. The third-order valence-electron chi connectivity index (χ3n) is 3.24. The molecule has 4 nitrogen and oxygen atoms in total. The fourth-order valence-electron chi connectivity index (χ4n) is 2.27. The number of nitrogens with zero attached hydrogens (tertiary/aromatic N) is 1. The fourth-order valence-corrected chi connectivity index (χ4v) is 2.27. The zero-order chi connectivity index (χ0) is 13.2. The highest BCUT2D eigenvalue weighted by atomic mass is 16.2. The van der Waals surface area contributed by atoms with E-state index in [0.29, 0.717) is 6.54 Å². The predicted octanol–water partition coefficient (Wildman–Crippen LogP) is 2.82. The summed E-state index contributed by atoms with van der Waals surface area (Å²) in [6.45, 7) is 0.343. The van der Waals surface area contributed by atoms with Crippen molar-refractivity contribution in [2.24, 2.45) is 0 Å². The Kier molecular flexibility index (Phi) is 2.83. The van der Waals surface area contributed by atoms with Crippen LogP contribution in [0.5, 0.6) is 0 Å². The Morgan fingerprint density at radius 3 is 2.58 bits per heavy atom. The molecule has 1 aliphatic heterocycles. The van der Waals surface area contributed by atoms with Crippen LogP contribution in [-0.4, -0.2) is 19.5 Å². The SMILES string of the molecule is CNc1ccc(N2CC(=O)Nc3ccccc32)cc1. The molecular weight excluding hydrogens is 238 g/mol. The highest BCUT2D eigenvalue weighted by Gasteiger charge is 2.22. The first-order chi connectivity index (χ1) is 9.28. The minimum atomic E-state index is 0.0105. The van der Waals surface area contributed by atoms with Crippen molar-refractivity contribution in [2.45, 2.75) is 0 Å². The number of para-hydroxylation sites is 2. The van der Waals surface area contributed by atoms with E-state index in [-0.39, 0.29) is 5.91 Å². The molecule has 0 spiro atoms. The summed E-state index contributed by atoms with van der Waals surface area (Å²) < 4.78 is 0. The van der Waals surface area contributed by atoms with Gasteiger partial charge in [-0.05, 0) is 36.4 Å². The zero-order valence-electron chi connectivity index (χ0n) is 10.7. The zero-order valence-corrected chi connectivity index (χ0v) is 10.7. The minimum absolute atomic E-state index is 0.0105. The maximum atomic E-state index is 11.8. The Hall–Kier alpha value is -2.49. The van der Waals surface area contributed by atoms with Gasteiger partial charge in [0.25, 0.3) is 0 Å². The van der Waals surface area contributed by atoms with Crippen molar-refractivity contribution in [3.8, 4) is 0 Å². The molecule has 19 heavy (non-hydrogen) atoms. The molecule has 0 aliphatic carbocycles. The van der Waals surface area contributed by atoms with E-state index in [4.69, 9.17) is 0 Å². The van der Waals surface area contributed by atoms with E-state index in [1.165, 1.54) is 0 Å². The standard InChI is InChI=1S/C15H15N3O/c1-16-11-6-8-12(9-7-11)18-10-15(19)17-13-4-2-3-5-14(13)18/h2-9,16H,10H2,1H3,(H,17,19). The Morgan fingerprint density at radius 2 is 1.84 bits per heavy atom. The number of hydrogen-bond donors (Lipinski definition) is 2. The minimum Gasteiger partial charge on any atom is -0.388 e. The second kappa shape index (κ2) is 4.65. The molecule has 0 unspecified atom stereocenters. The van der Waals surface area contributed by atoms with E-state index in [1.807, 2.05) is 60.5 Å². The van der Waals surface area contributed by atoms with E-state index < -0.39 is 0 Å². The van der Waals surface area contributed by atoms with Gasteiger partial charge in [0.2, 0.25) is 5.91 Å². The summed E-state index contributed by atoms with van der Waals surface area (Å²) in [5.41, 5.74) is 3.95. The summed E-state index contributed by atoms with van der Waals surface area (Å²) in [5, 5.41) is 5.98. The van der Waals surface area contributed by atoms with Gasteiger partial charge in [-0.15, -0.1) is 0 Å². The summed E-state index contributed by atoms with van der Waals surface area (Å²) in [7, 11) is 1.89. The molecule has 2 aromatic rings. The number of amides is 1. The first-order valence-corrected chi connectivity index (χ1v) is 6.22. The van der Waals surface area contributed by atoms with Crippen LogP contribution in [-0.2, 0) is 4.79 Å². The normalized spacial score (nSPS) is 13.7. The quantitative estimate of drug-likeness (QED) is 0.865. The van der Waals surface area contributed by atoms with Crippen LogP contribution < -0.4 is 15.5 Å². The van der Waals surface area contributed by atoms with Crippen LogP contribution in [0.1, 0.15) is 0 Å². The smallest absolute Gasteiger partial charge is 0.244 e. The van der Waals surface area contributed by atoms with Gasteiger partial charge in [-0.2, -0.15) is 0 Å². The molecule has 0 saturated heterocycles. The van der Waals surface area contributed by atoms with Crippen molar-refractivity contribution in [3.63, 3.8) is 0 Å². The van der Waals surface area contributed by atoms with Crippen LogP contribution in [0.2, 0.25) is 0 Å². The number of carbonyl (C=O) groups excluding carboxylic acids is 1. The van der Waals surface area contributed by atoms with Gasteiger partial charge >= 0.3 is 0 Å². The van der Waals surface area contributed by atoms with E-state index in [0.717, 1.165) is 22.7 Å². The molecule has 0 bridgehead atoms. The molecule has 2 aromatic carbocycles. The van der Waals surface area contributed by atoms with E-state index in [1.54, 1.807) is 0 Å². The second-order valence-electron chi connectivity index (χ2n) is 4.45. The average molecular weight is 253 g/mol. The van der Waals surface area contributed by atoms with Crippen LogP contribution in [0, 0.1) is 0 Å². The number of rotatable bonds is 2. The van der Waals surface area contributed by atoms with Crippen LogP contribution in [0.3, 0.4) is 0 Å². The Bertz CT molecular complexity index is 607. The molecule has 3 rings (SSSR count). The number of fused-ring (bicyclic) bond motifs is 1. The molecule has 1 heterocycles. The molecular formula is C15H15N3O. The molecule has 0 saturated carbocycles. The molecule has 0 fully saturated rings. The van der Waals surface area contributed by atoms with Gasteiger partial charge in [-0.1, -0.05) is 12.1 Å². The summed E-state index contributed by atoms with van der Waals surface area (Å²) in [6, 6.07) is 15.9. The molecule has 2 N–H and O–H groups in total. The predicted molar refractivity (Wildman–Crippen MR) is 78.1 cm³/mol. The van der Waals surface area contributed by atoms with Gasteiger partial charge < -0.3 is 15.5 Å². The van der Waals surface area contributed by atoms with Gasteiger partial charge in [0.15, 0.2) is 0 Å². The second-order valence-corrected chi connectivity index (χ2v) is 4.45. The summed E-state index contributed by atoms with van der Waals surface area (Å²) in [4.78, 5) is 13.8. The van der Waals surface area contributed by atoms with Crippen LogP contribution >= 0.6 is 0 Å². The van der Waals surface area contributed by atoms with E-state index >= 15 is 0 Å². The number of nitrogens with one attached hydrogen (secondary N) is 2. The lowest BCUT2D eigenvalue weighted by molar-refractivity contribution is -0.115. The van der Waals surface area contributed by atoms with Crippen LogP contribution in [0.15, 0.2) is 48.5 Å². The molecule has 0 radical (unpaired) electrons. The third kappa shape index (κ3) is 2.12. The highest BCUT2D eigenvalue weighted by molar-refractivity contribution is 6.03. The molecule has 1 amide bonds. The number of anilines is 4. The van der Waals surface area contributed by atoms with Crippen molar-refractivity contribution in [1.29, 1.82) is 0 Å². The van der Waals surface area contributed by atoms with Gasteiger partial charge in [-0.25, -0.2) is 0 Å². The van der Waals surface area contributed by atoms with E-state index in [9.17, 15) is 4.79 Å². The molecule has 4 heteroatoms. The Morgan fingerprint density at radius 1 is 1.11 bits per heavy atom. The van der Waals surface area contributed by atoms with Gasteiger partial charge in [-0.3, -0.25) is 4.79 Å². The number of carbonyl (C=O) groups is 1. The molecule has 0 atom stereocenters. The molecule has 1 aliphatic rings. The molecule has 0 aromatic heterocycles.